The van der Waals surface area contributed by atoms with Crippen LogP contribution in [-0.2, 0) is 27.5 Å². The van der Waals surface area contributed by atoms with Gasteiger partial charge >= 0.3 is 6.18 Å². The average molecular weight is 421 g/mol. The molecule has 0 spiro atoms. The minimum atomic E-state index is -4.67. The maximum atomic E-state index is 12.7. The summed E-state index contributed by atoms with van der Waals surface area (Å²) in [5, 5.41) is 0.499. The van der Waals surface area contributed by atoms with Crippen LogP contribution in [0, 0.1) is 0 Å². The predicted molar refractivity (Wildman–Crippen MR) is 94.6 cm³/mol. The van der Waals surface area contributed by atoms with E-state index in [4.69, 9.17) is 11.6 Å². The normalized spacial score (nSPS) is 12.0. The van der Waals surface area contributed by atoms with Gasteiger partial charge in [-0.15, -0.1) is 0 Å². The summed E-state index contributed by atoms with van der Waals surface area (Å²) in [6.45, 7) is -0.389. The number of nitrogens with one attached hydrogen (secondary N) is 1. The second-order valence-corrected chi connectivity index (χ2v) is 7.93. The molecule has 27 heavy (non-hydrogen) atoms. The third-order valence-electron chi connectivity index (χ3n) is 3.62. The number of likely N-dealkylation sites (N-methyl/N-ethyl adjacent to an activating group) is 1. The van der Waals surface area contributed by atoms with Crippen LogP contribution in [0.1, 0.15) is 11.1 Å². The minimum Gasteiger partial charge on any atom is -0.340 e. The zero-order valence-electron chi connectivity index (χ0n) is 14.1. The Morgan fingerprint density at radius 1 is 1.15 bits per heavy atom. The molecule has 10 heteroatoms. The van der Waals surface area contributed by atoms with E-state index in [9.17, 15) is 26.4 Å². The summed E-state index contributed by atoms with van der Waals surface area (Å²) in [6, 6.07) is 10.1. The van der Waals surface area contributed by atoms with Gasteiger partial charge in [0.15, 0.2) is 0 Å². The number of amides is 1. The number of alkyl halides is 3. The van der Waals surface area contributed by atoms with Gasteiger partial charge in [0.25, 0.3) is 0 Å². The third-order valence-corrected chi connectivity index (χ3v) is 5.25. The Kier molecular flexibility index (Phi) is 6.50. The van der Waals surface area contributed by atoms with Gasteiger partial charge in [0.05, 0.1) is 17.0 Å². The molecule has 1 N–H and O–H groups in total. The molecule has 1 amide bonds. The quantitative estimate of drug-likeness (QED) is 0.779. The fourth-order valence-corrected chi connectivity index (χ4v) is 3.44. The summed E-state index contributed by atoms with van der Waals surface area (Å²) in [6.07, 6.45) is -4.67. The number of carbonyl (C=O) groups excluding carboxylic acids is 1. The Labute approximate surface area is 159 Å². The molecule has 0 atom stereocenters. The van der Waals surface area contributed by atoms with Crippen molar-refractivity contribution in [1.29, 1.82) is 0 Å². The molecule has 0 radical (unpaired) electrons. The second kappa shape index (κ2) is 8.28. The number of nitrogens with zero attached hydrogens (tertiary/aromatic N) is 1. The predicted octanol–water partition coefficient (Wildman–Crippen LogP) is 3.30. The largest absolute Gasteiger partial charge is 0.416 e. The molecule has 0 aliphatic heterocycles. The van der Waals surface area contributed by atoms with Gasteiger partial charge in [0, 0.05) is 18.6 Å². The lowest BCUT2D eigenvalue weighted by molar-refractivity contribution is -0.137. The summed E-state index contributed by atoms with van der Waals surface area (Å²) in [5.41, 5.74) is -0.339. The molecular formula is C17H16ClF3N2O3S. The van der Waals surface area contributed by atoms with Crippen LogP contribution in [0.4, 0.5) is 13.2 Å². The molecule has 2 aromatic carbocycles. The Morgan fingerprint density at radius 3 is 2.44 bits per heavy atom. The van der Waals surface area contributed by atoms with Gasteiger partial charge in [-0.25, -0.2) is 13.1 Å². The van der Waals surface area contributed by atoms with E-state index in [-0.39, 0.29) is 6.54 Å². The van der Waals surface area contributed by atoms with Crippen LogP contribution >= 0.6 is 11.6 Å². The molecule has 0 fully saturated rings. The highest BCUT2D eigenvalue weighted by molar-refractivity contribution is 7.89. The maximum absolute atomic E-state index is 12.7. The minimum absolute atomic E-state index is 0.199. The molecule has 5 nitrogen and oxygen atoms in total. The van der Waals surface area contributed by atoms with E-state index in [1.165, 1.54) is 11.9 Å². The summed E-state index contributed by atoms with van der Waals surface area (Å²) in [7, 11) is -2.80. The summed E-state index contributed by atoms with van der Waals surface area (Å²) >= 11 is 5.87. The first-order valence-electron chi connectivity index (χ1n) is 7.64. The number of benzene rings is 2. The number of carbonyl (C=O) groups is 1. The first kappa shape index (κ1) is 21.2. The van der Waals surface area contributed by atoms with E-state index in [1.54, 1.807) is 24.3 Å². The van der Waals surface area contributed by atoms with Gasteiger partial charge in [-0.2, -0.15) is 13.2 Å². The van der Waals surface area contributed by atoms with Crippen LogP contribution < -0.4 is 4.72 Å². The molecule has 0 heterocycles. The summed E-state index contributed by atoms with van der Waals surface area (Å²) in [4.78, 5) is 12.8. The number of hydrogen-bond acceptors (Lipinski definition) is 3. The van der Waals surface area contributed by atoms with E-state index in [0.29, 0.717) is 11.1 Å². The molecule has 0 unspecified atom stereocenters. The first-order chi connectivity index (χ1) is 12.5. The smallest absolute Gasteiger partial charge is 0.340 e. The lowest BCUT2D eigenvalue weighted by Crippen LogP contribution is -2.37. The number of rotatable bonds is 6. The van der Waals surface area contributed by atoms with Crippen molar-refractivity contribution >= 4 is 27.5 Å². The zero-order chi connectivity index (χ0) is 20.2. The van der Waals surface area contributed by atoms with Gasteiger partial charge in [0.2, 0.25) is 15.9 Å². The summed E-state index contributed by atoms with van der Waals surface area (Å²) < 4.78 is 64.5. The Bertz CT molecular complexity index is 933. The number of hydrogen-bond donors (Lipinski definition) is 1. The Hall–Kier alpha value is -2.10. The van der Waals surface area contributed by atoms with Crippen molar-refractivity contribution in [1.82, 2.24) is 9.62 Å². The SMILES string of the molecule is CN(Cc1cccc(Cl)c1)C(=O)CNS(=O)(=O)c1cccc(C(F)(F)F)c1. The van der Waals surface area contributed by atoms with Crippen molar-refractivity contribution in [2.75, 3.05) is 13.6 Å². The molecule has 146 valence electrons. The Morgan fingerprint density at radius 2 is 1.81 bits per heavy atom. The monoisotopic (exact) mass is 420 g/mol. The fourth-order valence-electron chi connectivity index (χ4n) is 2.21. The fraction of sp³-hybridized carbons (Fsp3) is 0.235. The average Bonchev–Trinajstić information content (AvgIpc) is 2.59. The number of halogens is 4. The maximum Gasteiger partial charge on any atom is 0.416 e. The standard InChI is InChI=1S/C17H16ClF3N2O3S/c1-23(11-12-4-2-6-14(18)8-12)16(24)10-22-27(25,26)15-7-3-5-13(9-15)17(19,20)21/h2-9,22H,10-11H2,1H3. The molecule has 0 aromatic heterocycles. The van der Waals surface area contributed by atoms with E-state index in [0.717, 1.165) is 23.8 Å². The van der Waals surface area contributed by atoms with Gasteiger partial charge in [0.1, 0.15) is 0 Å². The van der Waals surface area contributed by atoms with Gasteiger partial charge in [-0.05, 0) is 35.9 Å². The molecule has 0 aliphatic rings. The van der Waals surface area contributed by atoms with Crippen molar-refractivity contribution in [2.45, 2.75) is 17.6 Å². The van der Waals surface area contributed by atoms with Crippen molar-refractivity contribution in [3.63, 3.8) is 0 Å². The van der Waals surface area contributed by atoms with Gasteiger partial charge in [-0.3, -0.25) is 4.79 Å². The highest BCUT2D eigenvalue weighted by Crippen LogP contribution is 2.30. The zero-order valence-corrected chi connectivity index (χ0v) is 15.7. The van der Waals surface area contributed by atoms with Crippen LogP contribution in [0.3, 0.4) is 0 Å². The van der Waals surface area contributed by atoms with Gasteiger partial charge in [-0.1, -0.05) is 29.8 Å². The van der Waals surface area contributed by atoms with Crippen LogP contribution in [0.5, 0.6) is 0 Å². The molecule has 0 saturated heterocycles. The van der Waals surface area contributed by atoms with E-state index in [1.807, 2.05) is 4.72 Å². The van der Waals surface area contributed by atoms with Crippen molar-refractivity contribution < 1.29 is 26.4 Å². The Balaban J connectivity index is 2.03. The van der Waals surface area contributed by atoms with E-state index < -0.39 is 39.1 Å². The third kappa shape index (κ3) is 5.95. The lowest BCUT2D eigenvalue weighted by Gasteiger charge is -2.18. The molecule has 2 rings (SSSR count). The molecule has 0 aliphatic carbocycles. The topological polar surface area (TPSA) is 66.5 Å². The van der Waals surface area contributed by atoms with Crippen molar-refractivity contribution in [3.8, 4) is 0 Å². The first-order valence-corrected chi connectivity index (χ1v) is 9.50. The summed E-state index contributed by atoms with van der Waals surface area (Å²) in [5.74, 6) is -0.550. The van der Waals surface area contributed by atoms with Crippen LogP contribution in [-0.4, -0.2) is 32.8 Å². The highest BCUT2D eigenvalue weighted by Gasteiger charge is 2.31. The molecule has 0 bridgehead atoms. The van der Waals surface area contributed by atoms with Crippen molar-refractivity contribution in [2.24, 2.45) is 0 Å². The van der Waals surface area contributed by atoms with Gasteiger partial charge < -0.3 is 4.90 Å². The van der Waals surface area contributed by atoms with Crippen LogP contribution in [0.2, 0.25) is 5.02 Å². The molecule has 2 aromatic rings. The highest BCUT2D eigenvalue weighted by atomic mass is 35.5. The lowest BCUT2D eigenvalue weighted by atomic mass is 10.2. The molecule has 0 saturated carbocycles. The second-order valence-electron chi connectivity index (χ2n) is 5.73. The van der Waals surface area contributed by atoms with Crippen LogP contribution in [0.25, 0.3) is 0 Å². The van der Waals surface area contributed by atoms with Crippen molar-refractivity contribution in [3.05, 3.63) is 64.7 Å². The molecular weight excluding hydrogens is 405 g/mol. The number of sulfonamides is 1. The van der Waals surface area contributed by atoms with E-state index >= 15 is 0 Å². The van der Waals surface area contributed by atoms with Crippen LogP contribution in [0.15, 0.2) is 53.4 Å². The van der Waals surface area contributed by atoms with E-state index in [2.05, 4.69) is 0 Å².